The second-order valence-electron chi connectivity index (χ2n) is 10.4. The highest BCUT2D eigenvalue weighted by atomic mass is 16.5. The van der Waals surface area contributed by atoms with Crippen molar-refractivity contribution < 1.29 is 14.2 Å². The first kappa shape index (κ1) is 27.5. The topological polar surface area (TPSA) is 79.7 Å². The van der Waals surface area contributed by atoms with Crippen molar-refractivity contribution in [2.75, 3.05) is 11.5 Å². The van der Waals surface area contributed by atoms with Gasteiger partial charge in [0.25, 0.3) is 0 Å². The number of anilines is 2. The highest BCUT2D eigenvalue weighted by Crippen LogP contribution is 2.28. The van der Waals surface area contributed by atoms with Crippen molar-refractivity contribution in [3.63, 3.8) is 0 Å². The second-order valence-corrected chi connectivity index (χ2v) is 10.4. The van der Waals surface area contributed by atoms with Crippen molar-refractivity contribution in [3.05, 3.63) is 168 Å². The van der Waals surface area contributed by atoms with Crippen LogP contribution in [0.3, 0.4) is 0 Å². The molecule has 4 N–H and O–H groups in total. The largest absolute Gasteiger partial charge is 0.457 e. The summed E-state index contributed by atoms with van der Waals surface area (Å²) in [5, 5.41) is 0. The maximum Gasteiger partial charge on any atom is 0.129 e. The van der Waals surface area contributed by atoms with E-state index in [1.165, 1.54) is 11.1 Å². The highest BCUT2D eigenvalue weighted by molar-refractivity contribution is 5.47. The minimum absolute atomic E-state index is 0.676. The SMILES string of the molecule is Nc1cccc(Oc2cccc(Cc3ccc(Oc4ccc(Cc5cccc(Oc6cccc(N)c6)c5)cc4)cc3)c2)c1. The standard InChI is InChI=1S/C38H32N2O3/c39-31-7-3-11-37(25-31)42-35-9-1-5-29(23-35)21-27-13-17-33(18-14-27)41-34-19-15-28(16-20-34)22-30-6-2-10-36(24-30)43-38-12-4-8-32(40)26-38/h1-20,23-26H,21-22,39-40H2. The van der Waals surface area contributed by atoms with Crippen molar-refractivity contribution in [2.45, 2.75) is 12.8 Å². The van der Waals surface area contributed by atoms with Gasteiger partial charge in [0, 0.05) is 23.5 Å². The molecule has 6 rings (SSSR count). The van der Waals surface area contributed by atoms with Gasteiger partial charge in [-0.25, -0.2) is 0 Å². The van der Waals surface area contributed by atoms with Gasteiger partial charge in [-0.1, -0.05) is 60.7 Å². The van der Waals surface area contributed by atoms with Gasteiger partial charge in [0.15, 0.2) is 0 Å². The van der Waals surface area contributed by atoms with E-state index in [0.717, 1.165) is 58.5 Å². The van der Waals surface area contributed by atoms with Crippen LogP contribution in [0.25, 0.3) is 0 Å². The van der Waals surface area contributed by atoms with Crippen molar-refractivity contribution in [1.29, 1.82) is 0 Å². The molecule has 0 unspecified atom stereocenters. The van der Waals surface area contributed by atoms with Crippen LogP contribution >= 0.6 is 0 Å². The number of hydrogen-bond donors (Lipinski definition) is 2. The zero-order chi connectivity index (χ0) is 29.4. The summed E-state index contributed by atoms with van der Waals surface area (Å²) >= 11 is 0. The molecule has 5 heteroatoms. The summed E-state index contributed by atoms with van der Waals surface area (Å²) in [6.45, 7) is 0. The molecule has 0 heterocycles. The maximum absolute atomic E-state index is 6.12. The van der Waals surface area contributed by atoms with Crippen molar-refractivity contribution in [2.24, 2.45) is 0 Å². The van der Waals surface area contributed by atoms with E-state index >= 15 is 0 Å². The van der Waals surface area contributed by atoms with E-state index in [1.807, 2.05) is 97.1 Å². The minimum atomic E-state index is 0.676. The van der Waals surface area contributed by atoms with Gasteiger partial charge >= 0.3 is 0 Å². The van der Waals surface area contributed by atoms with Gasteiger partial charge < -0.3 is 25.7 Å². The van der Waals surface area contributed by atoms with Crippen LogP contribution in [0.2, 0.25) is 0 Å². The summed E-state index contributed by atoms with van der Waals surface area (Å²) < 4.78 is 18.1. The lowest BCUT2D eigenvalue weighted by Gasteiger charge is -2.10. The Morgan fingerprint density at radius 3 is 1.07 bits per heavy atom. The van der Waals surface area contributed by atoms with E-state index in [-0.39, 0.29) is 0 Å². The predicted octanol–water partition coefficient (Wildman–Crippen LogP) is 9.41. The molecular formula is C38H32N2O3. The van der Waals surface area contributed by atoms with Gasteiger partial charge in [-0.2, -0.15) is 0 Å². The Balaban J connectivity index is 1.03. The van der Waals surface area contributed by atoms with Crippen molar-refractivity contribution in [1.82, 2.24) is 0 Å². The molecule has 0 aliphatic rings. The Morgan fingerprint density at radius 1 is 0.326 bits per heavy atom. The van der Waals surface area contributed by atoms with E-state index in [9.17, 15) is 0 Å². The molecule has 5 nitrogen and oxygen atoms in total. The van der Waals surface area contributed by atoms with Crippen LogP contribution in [-0.2, 0) is 12.8 Å². The third kappa shape index (κ3) is 7.75. The van der Waals surface area contributed by atoms with Crippen LogP contribution in [0.1, 0.15) is 22.3 Å². The molecule has 212 valence electrons. The van der Waals surface area contributed by atoms with Crippen LogP contribution in [0, 0.1) is 0 Å². The van der Waals surface area contributed by atoms with Crippen LogP contribution < -0.4 is 25.7 Å². The summed E-state index contributed by atoms with van der Waals surface area (Å²) in [5.41, 5.74) is 17.8. The molecule has 0 amide bonds. The van der Waals surface area contributed by atoms with E-state index < -0.39 is 0 Å². The lowest BCUT2D eigenvalue weighted by Crippen LogP contribution is -1.92. The fourth-order valence-corrected chi connectivity index (χ4v) is 4.82. The third-order valence-corrected chi connectivity index (χ3v) is 6.88. The zero-order valence-corrected chi connectivity index (χ0v) is 23.7. The van der Waals surface area contributed by atoms with Gasteiger partial charge in [-0.3, -0.25) is 0 Å². The van der Waals surface area contributed by atoms with Gasteiger partial charge in [0.1, 0.15) is 34.5 Å². The molecule has 6 aromatic carbocycles. The minimum Gasteiger partial charge on any atom is -0.457 e. The monoisotopic (exact) mass is 564 g/mol. The Labute approximate surface area is 251 Å². The number of benzene rings is 6. The summed E-state index contributed by atoms with van der Waals surface area (Å²) in [6.07, 6.45) is 1.57. The fourth-order valence-electron chi connectivity index (χ4n) is 4.82. The number of ether oxygens (including phenoxy) is 3. The third-order valence-electron chi connectivity index (χ3n) is 6.88. The lowest BCUT2D eigenvalue weighted by molar-refractivity contribution is 0.481. The van der Waals surface area contributed by atoms with Crippen LogP contribution in [0.5, 0.6) is 34.5 Å². The number of rotatable bonds is 10. The van der Waals surface area contributed by atoms with Crippen LogP contribution in [0.15, 0.2) is 146 Å². The van der Waals surface area contributed by atoms with Gasteiger partial charge in [0.2, 0.25) is 0 Å². The normalized spacial score (nSPS) is 10.7. The van der Waals surface area contributed by atoms with E-state index in [1.54, 1.807) is 0 Å². The number of nitrogen functional groups attached to an aromatic ring is 2. The van der Waals surface area contributed by atoms with Crippen molar-refractivity contribution in [3.8, 4) is 34.5 Å². The van der Waals surface area contributed by atoms with Gasteiger partial charge in [0.05, 0.1) is 0 Å². The van der Waals surface area contributed by atoms with Gasteiger partial charge in [-0.05, 0) is 108 Å². The Morgan fingerprint density at radius 2 is 0.674 bits per heavy atom. The summed E-state index contributed by atoms with van der Waals surface area (Å²) in [4.78, 5) is 0. The van der Waals surface area contributed by atoms with E-state index in [2.05, 4.69) is 48.5 Å². The molecule has 43 heavy (non-hydrogen) atoms. The molecule has 0 saturated carbocycles. The molecule has 0 radical (unpaired) electrons. The highest BCUT2D eigenvalue weighted by Gasteiger charge is 2.05. The molecule has 6 aromatic rings. The molecule has 0 aromatic heterocycles. The zero-order valence-electron chi connectivity index (χ0n) is 23.7. The second kappa shape index (κ2) is 12.9. The molecule has 0 aliphatic carbocycles. The van der Waals surface area contributed by atoms with E-state index in [4.69, 9.17) is 25.7 Å². The average Bonchev–Trinajstić information content (AvgIpc) is 3.00. The lowest BCUT2D eigenvalue weighted by atomic mass is 10.0. The number of hydrogen-bond acceptors (Lipinski definition) is 5. The molecule has 0 saturated heterocycles. The Bertz CT molecular complexity index is 1680. The smallest absolute Gasteiger partial charge is 0.129 e. The molecule has 0 fully saturated rings. The Kier molecular flexibility index (Phi) is 8.23. The maximum atomic E-state index is 6.12. The van der Waals surface area contributed by atoms with Gasteiger partial charge in [-0.15, -0.1) is 0 Å². The molecule has 0 atom stereocenters. The first-order chi connectivity index (χ1) is 21.0. The summed E-state index contributed by atoms with van der Waals surface area (Å²) in [6, 6.07) is 47.5. The molecule has 0 aliphatic heterocycles. The van der Waals surface area contributed by atoms with E-state index in [0.29, 0.717) is 11.4 Å². The molecular weight excluding hydrogens is 532 g/mol. The molecule has 0 spiro atoms. The quantitative estimate of drug-likeness (QED) is 0.162. The first-order valence-electron chi connectivity index (χ1n) is 14.1. The average molecular weight is 565 g/mol. The first-order valence-corrected chi connectivity index (χ1v) is 14.1. The van der Waals surface area contributed by atoms with Crippen molar-refractivity contribution >= 4 is 11.4 Å². The summed E-state index contributed by atoms with van der Waals surface area (Å²) in [7, 11) is 0. The van der Waals surface area contributed by atoms with Crippen LogP contribution in [0.4, 0.5) is 11.4 Å². The predicted molar refractivity (Wildman–Crippen MR) is 173 cm³/mol. The number of nitrogens with two attached hydrogens (primary N) is 2. The Hall–Kier alpha value is -5.68. The fraction of sp³-hybridized carbons (Fsp3) is 0.0526. The van der Waals surface area contributed by atoms with Crippen LogP contribution in [-0.4, -0.2) is 0 Å². The molecule has 0 bridgehead atoms. The summed E-state index contributed by atoms with van der Waals surface area (Å²) in [5.74, 6) is 4.60.